The van der Waals surface area contributed by atoms with Crippen molar-refractivity contribution in [2.45, 2.75) is 39.5 Å². The summed E-state index contributed by atoms with van der Waals surface area (Å²) in [5.74, 6) is -0.0972. The summed E-state index contributed by atoms with van der Waals surface area (Å²) in [6.07, 6.45) is 4.07. The summed E-state index contributed by atoms with van der Waals surface area (Å²) < 4.78 is 27.7. The number of aromatic nitrogens is 4. The number of carbonyl (C=O) groups is 1. The molecule has 3 rings (SSSR count). The van der Waals surface area contributed by atoms with E-state index in [9.17, 15) is 13.2 Å². The number of hydrogen-bond donors (Lipinski definition) is 1. The number of anilines is 1. The average Bonchev–Trinajstić information content (AvgIpc) is 3.23. The first kappa shape index (κ1) is 20.4. The van der Waals surface area contributed by atoms with Crippen molar-refractivity contribution in [1.82, 2.24) is 24.5 Å². The number of nitrogens with one attached hydrogen (secondary N) is 1. The monoisotopic (exact) mass is 406 g/mol. The van der Waals surface area contributed by atoms with E-state index in [1.807, 2.05) is 32.0 Å². The Bertz CT molecular complexity index is 905. The molecule has 1 aliphatic heterocycles. The van der Waals surface area contributed by atoms with Crippen LogP contribution in [-0.2, 0) is 14.8 Å². The van der Waals surface area contributed by atoms with Crippen molar-refractivity contribution in [2.75, 3.05) is 24.2 Å². The molecule has 0 saturated carbocycles. The summed E-state index contributed by atoms with van der Waals surface area (Å²) in [5.41, 5.74) is 2.39. The largest absolute Gasteiger partial charge is 0.326 e. The smallest absolute Gasteiger partial charge is 0.227 e. The second-order valence-electron chi connectivity index (χ2n) is 7.09. The maximum absolute atomic E-state index is 12.7. The lowest BCUT2D eigenvalue weighted by Crippen LogP contribution is -2.42. The molecule has 0 atom stereocenters. The van der Waals surface area contributed by atoms with Gasteiger partial charge in [-0.2, -0.15) is 0 Å². The summed E-state index contributed by atoms with van der Waals surface area (Å²) in [4.78, 5) is 12.7. The number of unbranched alkanes of at least 4 members (excludes halogenated alkanes) is 1. The number of nitrogens with zero attached hydrogens (tertiary/aromatic N) is 5. The van der Waals surface area contributed by atoms with Crippen LogP contribution in [0.15, 0.2) is 24.5 Å². The molecule has 2 aromatic rings. The maximum Gasteiger partial charge on any atom is 0.227 e. The third kappa shape index (κ3) is 4.74. The summed E-state index contributed by atoms with van der Waals surface area (Å²) in [7, 11) is -3.21. The molecule has 1 aliphatic rings. The number of tetrazole rings is 1. The molecule has 1 aromatic carbocycles. The van der Waals surface area contributed by atoms with Gasteiger partial charge >= 0.3 is 0 Å². The molecule has 0 radical (unpaired) electrons. The van der Waals surface area contributed by atoms with Gasteiger partial charge in [0.15, 0.2) is 0 Å². The second kappa shape index (κ2) is 8.78. The van der Waals surface area contributed by atoms with E-state index in [-0.39, 0.29) is 17.6 Å². The van der Waals surface area contributed by atoms with E-state index in [1.165, 1.54) is 15.3 Å². The highest BCUT2D eigenvalue weighted by Crippen LogP contribution is 2.24. The highest BCUT2D eigenvalue weighted by Gasteiger charge is 2.30. The van der Waals surface area contributed by atoms with Gasteiger partial charge in [-0.3, -0.25) is 4.79 Å². The van der Waals surface area contributed by atoms with Crippen LogP contribution < -0.4 is 5.32 Å². The minimum atomic E-state index is -3.21. The van der Waals surface area contributed by atoms with Gasteiger partial charge in [0.1, 0.15) is 6.33 Å². The topological polar surface area (TPSA) is 110 Å². The Morgan fingerprint density at radius 3 is 2.68 bits per heavy atom. The van der Waals surface area contributed by atoms with Gasteiger partial charge in [-0.25, -0.2) is 17.4 Å². The molecule has 1 amide bonds. The number of aryl methyl sites for hydroxylation is 1. The lowest BCUT2D eigenvalue weighted by molar-refractivity contribution is -0.120. The molecule has 1 aromatic heterocycles. The number of sulfonamides is 1. The Kier molecular flexibility index (Phi) is 6.40. The van der Waals surface area contributed by atoms with E-state index >= 15 is 0 Å². The van der Waals surface area contributed by atoms with E-state index in [0.717, 1.165) is 17.7 Å². The Hall–Kier alpha value is -2.33. The fourth-order valence-corrected chi connectivity index (χ4v) is 4.93. The molecule has 1 N–H and O–H groups in total. The second-order valence-corrected chi connectivity index (χ2v) is 9.17. The molecule has 1 fully saturated rings. The zero-order valence-electron chi connectivity index (χ0n) is 16.2. The Morgan fingerprint density at radius 1 is 1.29 bits per heavy atom. The predicted octanol–water partition coefficient (Wildman–Crippen LogP) is 1.75. The first-order chi connectivity index (χ1) is 13.4. The van der Waals surface area contributed by atoms with Crippen LogP contribution in [-0.4, -0.2) is 57.7 Å². The Labute approximate surface area is 165 Å². The predicted molar refractivity (Wildman–Crippen MR) is 106 cm³/mol. The van der Waals surface area contributed by atoms with Crippen molar-refractivity contribution in [3.8, 4) is 5.69 Å². The summed E-state index contributed by atoms with van der Waals surface area (Å²) >= 11 is 0. The SMILES string of the molecule is CCCCS(=O)(=O)N1CCC(C(=O)Nc2cc(-n3cnnn3)ccc2C)CC1. The van der Waals surface area contributed by atoms with Crippen molar-refractivity contribution >= 4 is 21.6 Å². The van der Waals surface area contributed by atoms with Crippen LogP contribution in [0.4, 0.5) is 5.69 Å². The third-order valence-corrected chi connectivity index (χ3v) is 7.02. The maximum atomic E-state index is 12.7. The van der Waals surface area contributed by atoms with Crippen LogP contribution in [0.3, 0.4) is 0 Å². The van der Waals surface area contributed by atoms with Crippen LogP contribution in [0.1, 0.15) is 38.2 Å². The van der Waals surface area contributed by atoms with Gasteiger partial charge in [0, 0.05) is 24.7 Å². The van der Waals surface area contributed by atoms with Crippen molar-refractivity contribution in [3.05, 3.63) is 30.1 Å². The van der Waals surface area contributed by atoms with Crippen molar-refractivity contribution in [1.29, 1.82) is 0 Å². The van der Waals surface area contributed by atoms with Crippen LogP contribution in [0.5, 0.6) is 0 Å². The van der Waals surface area contributed by atoms with Gasteiger partial charge in [-0.1, -0.05) is 19.4 Å². The van der Waals surface area contributed by atoms with Crippen LogP contribution in [0.25, 0.3) is 5.69 Å². The van der Waals surface area contributed by atoms with Gasteiger partial charge in [-0.15, -0.1) is 5.10 Å². The summed E-state index contributed by atoms with van der Waals surface area (Å²) in [5, 5.41) is 14.1. The van der Waals surface area contributed by atoms with E-state index < -0.39 is 10.0 Å². The Balaban J connectivity index is 1.61. The molecule has 152 valence electrons. The molecule has 9 nitrogen and oxygen atoms in total. The molecule has 1 saturated heterocycles. The van der Waals surface area contributed by atoms with Gasteiger partial charge in [0.2, 0.25) is 15.9 Å². The lowest BCUT2D eigenvalue weighted by Gasteiger charge is -2.30. The van der Waals surface area contributed by atoms with Gasteiger partial charge in [0.25, 0.3) is 0 Å². The standard InChI is InChI=1S/C18H26N6O3S/c1-3-4-11-28(26,27)23-9-7-15(8-10-23)18(25)20-17-12-16(6-5-14(17)2)24-13-19-21-22-24/h5-6,12-13,15H,3-4,7-11H2,1-2H3,(H,20,25). The van der Waals surface area contributed by atoms with E-state index in [1.54, 1.807) is 0 Å². The fraction of sp³-hybridized carbons (Fsp3) is 0.556. The summed E-state index contributed by atoms with van der Waals surface area (Å²) in [6, 6.07) is 5.60. The first-order valence-corrected chi connectivity index (χ1v) is 11.1. The van der Waals surface area contributed by atoms with Crippen molar-refractivity contribution in [2.24, 2.45) is 5.92 Å². The zero-order chi connectivity index (χ0) is 20.1. The minimum Gasteiger partial charge on any atom is -0.326 e. The zero-order valence-corrected chi connectivity index (χ0v) is 17.0. The number of benzene rings is 1. The van der Waals surface area contributed by atoms with Crippen LogP contribution in [0, 0.1) is 12.8 Å². The van der Waals surface area contributed by atoms with Gasteiger partial charge < -0.3 is 5.32 Å². The molecule has 10 heteroatoms. The van der Waals surface area contributed by atoms with Crippen LogP contribution >= 0.6 is 0 Å². The van der Waals surface area contributed by atoms with E-state index in [4.69, 9.17) is 0 Å². The normalized spacial score (nSPS) is 16.2. The first-order valence-electron chi connectivity index (χ1n) is 9.53. The fourth-order valence-electron chi connectivity index (χ4n) is 3.25. The number of carbonyl (C=O) groups excluding carboxylic acids is 1. The highest BCUT2D eigenvalue weighted by atomic mass is 32.2. The molecule has 2 heterocycles. The molecule has 0 unspecified atom stereocenters. The highest BCUT2D eigenvalue weighted by molar-refractivity contribution is 7.89. The third-order valence-electron chi connectivity index (χ3n) is 5.07. The quantitative estimate of drug-likeness (QED) is 0.750. The molecule has 0 spiro atoms. The number of hydrogen-bond acceptors (Lipinski definition) is 6. The molecular formula is C18H26N6O3S. The molecule has 0 aliphatic carbocycles. The van der Waals surface area contributed by atoms with E-state index in [2.05, 4.69) is 20.8 Å². The van der Waals surface area contributed by atoms with Gasteiger partial charge in [0.05, 0.1) is 11.4 Å². The van der Waals surface area contributed by atoms with Gasteiger partial charge in [-0.05, 0) is 54.3 Å². The minimum absolute atomic E-state index is 0.0810. The Morgan fingerprint density at radius 2 is 2.04 bits per heavy atom. The van der Waals surface area contributed by atoms with Crippen molar-refractivity contribution in [3.63, 3.8) is 0 Å². The molecule has 0 bridgehead atoms. The van der Waals surface area contributed by atoms with E-state index in [0.29, 0.717) is 38.0 Å². The van der Waals surface area contributed by atoms with Crippen LogP contribution in [0.2, 0.25) is 0 Å². The average molecular weight is 407 g/mol. The van der Waals surface area contributed by atoms with Crippen molar-refractivity contribution < 1.29 is 13.2 Å². The molecular weight excluding hydrogens is 380 g/mol. The molecule has 28 heavy (non-hydrogen) atoms. The number of piperidine rings is 1. The number of amides is 1. The summed E-state index contributed by atoms with van der Waals surface area (Å²) in [6.45, 7) is 4.69. The number of rotatable bonds is 7. The lowest BCUT2D eigenvalue weighted by atomic mass is 9.97.